The van der Waals surface area contributed by atoms with Crippen LogP contribution in [0, 0.1) is 142 Å². The zero-order valence-corrected chi connectivity index (χ0v) is 69.6. The lowest BCUT2D eigenvalue weighted by atomic mass is 9.53. The normalized spacial score (nSPS) is 47.1. The number of hydrogen-bond donors (Lipinski definition) is 0. The van der Waals surface area contributed by atoms with Crippen molar-refractivity contribution >= 4 is 0 Å². The lowest BCUT2D eigenvalue weighted by Gasteiger charge is -2.60. The fourth-order valence-corrected chi connectivity index (χ4v) is 32.9. The molecule has 24 aliphatic carbocycles. The Morgan fingerprint density at radius 1 is 0.125 bits per heavy atom. The Kier molecular flexibility index (Phi) is 23.3. The molecule has 0 N–H and O–H groups in total. The van der Waals surface area contributed by atoms with E-state index in [1.807, 2.05) is 0 Å². The van der Waals surface area contributed by atoms with Gasteiger partial charge in [0.2, 0.25) is 0 Å². The van der Waals surface area contributed by atoms with Crippen LogP contribution >= 0.6 is 0 Å². The molecule has 16 heteroatoms. The molecule has 8 saturated heterocycles. The van der Waals surface area contributed by atoms with Crippen LogP contribution in [0.2, 0.25) is 0 Å². The smallest absolute Gasteiger partial charge is 0.174 e. The predicted molar refractivity (Wildman–Crippen MR) is 422 cm³/mol. The van der Waals surface area contributed by atoms with Crippen LogP contribution in [0.3, 0.4) is 0 Å². The second-order valence-electron chi connectivity index (χ2n) is 43.5. The van der Waals surface area contributed by atoms with Gasteiger partial charge in [0.15, 0.2) is 46.3 Å². The molecular weight excluding hydrogens is 1410 g/mol. The molecule has 8 aliphatic heterocycles. The largest absolute Gasteiger partial charge is 0.350 e. The van der Waals surface area contributed by atoms with Crippen molar-refractivity contribution < 1.29 is 75.8 Å². The first kappa shape index (κ1) is 78.6. The lowest BCUT2D eigenvalue weighted by Crippen LogP contribution is -2.61. The molecule has 0 aromatic heterocycles. The van der Waals surface area contributed by atoms with E-state index >= 15 is 0 Å². The van der Waals surface area contributed by atoms with Gasteiger partial charge in [-0.05, 0) is 354 Å². The number of hydrogen-bond acceptors (Lipinski definition) is 16. The van der Waals surface area contributed by atoms with E-state index in [1.54, 1.807) is 0 Å². The van der Waals surface area contributed by atoms with Gasteiger partial charge in [0.1, 0.15) is 0 Å². The fraction of sp³-hybridized carbons (Fsp3) is 1.00. The van der Waals surface area contributed by atoms with Gasteiger partial charge in [-0.1, -0.05) is 0 Å². The monoisotopic (exact) mass is 1560 g/mol. The molecule has 32 aliphatic rings. The molecule has 8 heterocycles. The summed E-state index contributed by atoms with van der Waals surface area (Å²) in [4.78, 5) is 0. The van der Waals surface area contributed by atoms with E-state index < -0.39 is 0 Å². The average molecular weight is 1560 g/mol. The van der Waals surface area contributed by atoms with Crippen LogP contribution in [0.4, 0.5) is 0 Å². The third kappa shape index (κ3) is 15.1. The maximum absolute atomic E-state index is 6.33. The van der Waals surface area contributed by atoms with Crippen molar-refractivity contribution in [3.05, 3.63) is 0 Å². The van der Waals surface area contributed by atoms with Gasteiger partial charge in [0, 0.05) is 96.7 Å². The Hall–Kier alpha value is -0.640. The fourth-order valence-electron chi connectivity index (χ4n) is 32.9. The van der Waals surface area contributed by atoms with Crippen LogP contribution in [0.5, 0.6) is 0 Å². The molecule has 0 radical (unpaired) electrons. The molecule has 0 aromatic carbocycles. The summed E-state index contributed by atoms with van der Waals surface area (Å²) in [6, 6.07) is 0. The molecule has 0 aromatic rings. The maximum Gasteiger partial charge on any atom is 0.174 e. The Morgan fingerprint density at radius 3 is 0.491 bits per heavy atom. The number of ether oxygens (including phenoxy) is 16. The third-order valence-electron chi connectivity index (χ3n) is 36.8. The zero-order valence-electron chi connectivity index (χ0n) is 69.6. The van der Waals surface area contributed by atoms with Crippen LogP contribution in [0.1, 0.15) is 308 Å². The summed E-state index contributed by atoms with van der Waals surface area (Å²) in [5.74, 6) is 19.4. The van der Waals surface area contributed by atoms with Crippen molar-refractivity contribution in [2.75, 3.05) is 106 Å². The molecule has 32 rings (SSSR count). The summed E-state index contributed by atoms with van der Waals surface area (Å²) in [7, 11) is 0. The quantitative estimate of drug-likeness (QED) is 0.226. The first-order valence-corrected chi connectivity index (χ1v) is 49.3. The predicted octanol–water partition coefficient (Wildman–Crippen LogP) is 19.6. The van der Waals surface area contributed by atoms with E-state index in [1.165, 1.54) is 295 Å². The Balaban J connectivity index is 0.0000000811. The van der Waals surface area contributed by atoms with Crippen LogP contribution in [-0.2, 0) is 75.8 Å². The third-order valence-corrected chi connectivity index (χ3v) is 36.8. The molecule has 112 heavy (non-hydrogen) atoms. The minimum absolute atomic E-state index is 0.0943. The molecule has 24 bridgehead atoms. The molecule has 0 amide bonds. The van der Waals surface area contributed by atoms with Gasteiger partial charge in [0.05, 0.1) is 106 Å². The van der Waals surface area contributed by atoms with Crippen molar-refractivity contribution in [2.24, 2.45) is 142 Å². The zero-order chi connectivity index (χ0) is 74.4. The summed E-state index contributed by atoms with van der Waals surface area (Å²) in [5, 5.41) is 0. The summed E-state index contributed by atoms with van der Waals surface area (Å²) in [6.45, 7) is 14.4. The molecule has 32 fully saturated rings. The van der Waals surface area contributed by atoms with E-state index in [-0.39, 0.29) is 46.3 Å². The van der Waals surface area contributed by atoms with Crippen molar-refractivity contribution in [3.63, 3.8) is 0 Å². The first-order valence-electron chi connectivity index (χ1n) is 49.3. The molecule has 8 unspecified atom stereocenters. The molecule has 24 saturated carbocycles. The minimum atomic E-state index is -0.145. The Bertz CT molecular complexity index is 2920. The van der Waals surface area contributed by atoms with Crippen molar-refractivity contribution in [1.82, 2.24) is 0 Å². The van der Waals surface area contributed by atoms with Crippen LogP contribution in [-0.4, -0.2) is 152 Å². The lowest BCUT2D eigenvalue weighted by molar-refractivity contribution is -0.358. The highest BCUT2D eigenvalue weighted by Gasteiger charge is 2.65. The van der Waals surface area contributed by atoms with Gasteiger partial charge in [-0.3, -0.25) is 0 Å². The number of fused-ring (bicyclic) bond motifs is 12. The highest BCUT2D eigenvalue weighted by Crippen LogP contribution is 2.66. The Labute approximate surface area is 674 Å². The molecule has 632 valence electrons. The van der Waals surface area contributed by atoms with Gasteiger partial charge in [-0.15, -0.1) is 0 Å². The van der Waals surface area contributed by atoms with Gasteiger partial charge in [-0.2, -0.15) is 0 Å². The number of rotatable bonds is 0. The minimum Gasteiger partial charge on any atom is -0.350 e. The molecule has 8 spiro atoms. The van der Waals surface area contributed by atoms with Gasteiger partial charge in [-0.25, -0.2) is 0 Å². The maximum atomic E-state index is 6.33. The van der Waals surface area contributed by atoms with Gasteiger partial charge in [0.25, 0.3) is 0 Å². The van der Waals surface area contributed by atoms with E-state index in [4.69, 9.17) is 75.8 Å². The highest BCUT2D eigenvalue weighted by molar-refractivity contribution is 5.10. The van der Waals surface area contributed by atoms with Crippen LogP contribution in [0.15, 0.2) is 0 Å². The summed E-state index contributed by atoms with van der Waals surface area (Å²) in [6.07, 6.45) is 63.7. The second-order valence-corrected chi connectivity index (χ2v) is 43.5. The summed E-state index contributed by atoms with van der Waals surface area (Å²) >= 11 is 0. The van der Waals surface area contributed by atoms with Crippen molar-refractivity contribution in [3.8, 4) is 0 Å². The van der Waals surface area contributed by atoms with Crippen LogP contribution in [0.25, 0.3) is 0 Å². The molecule has 8 atom stereocenters. The topological polar surface area (TPSA) is 148 Å². The standard InChI is InChI=1S/C15H24O2.C14H22O2.C13H20O2.C12H18O2.C12H20O2.C11H18O2.C10H16O2.C9H14O2/c1-2-4-16-15(17-5-3-1)13-7-11-6-12(9-13)10-14(15)8-11;1-2-4-16-14(15-3-1)12-6-10-5-11(8-12)9-13(14)7-10;1-2-14-13(15-3-1)11-5-9-4-10(7-11)8-12(13)6-9;1-2-14-12(13-1)10-4-8-3-9(6-10)7-11(12)5-8;1-2-6-13-12(14-7-3-1)9-10-4-5-11(12)8-10;1-2-6-13-11(12-5-1)8-9-3-4-10(11)7-9;1-4-11-10(12-5-1)7-8-2-3-9(10)6-8;1-2-8-5-7(1)6-9(8)10-3-4-11-9/h11-14H,1-10H2;10-13H,1-9H2;9-12H,1-8H2;8-11H,1-7H2;10-11H,1-9H2;9-10H,1-8H2;8-9H,1-7H2;7-8H,1-6H2. The second kappa shape index (κ2) is 33.2. The summed E-state index contributed by atoms with van der Waals surface area (Å²) < 4.78 is 96.5. The molecular formula is C96H152O16. The van der Waals surface area contributed by atoms with Crippen LogP contribution < -0.4 is 0 Å². The average Bonchev–Trinajstić information content (AvgIpc) is 1.69. The van der Waals surface area contributed by atoms with Crippen molar-refractivity contribution in [1.29, 1.82) is 0 Å². The van der Waals surface area contributed by atoms with E-state index in [2.05, 4.69) is 0 Å². The van der Waals surface area contributed by atoms with E-state index in [0.29, 0.717) is 5.92 Å². The van der Waals surface area contributed by atoms with E-state index in [9.17, 15) is 0 Å². The van der Waals surface area contributed by atoms with E-state index in [0.717, 1.165) is 255 Å². The SMILES string of the molecule is C1CCOC2(CC3CCC2C3)OC1.C1CCOC2(CC3CCC2C3)OCC1.C1CCOC2(OC1)C1CC3CC(C1)CC2C3.C1CCOC2(OCC1)C1CC3CC(C1)CC2C3.C1COC2(CC3CCC2C3)O1.C1COC2(CC3CCC2C3)OC1.C1COC2(O1)C1CC3CC(C1)CC2C3.C1COC2(OC1)C1CC3CC(C1)CC2C3. The first-order chi connectivity index (χ1) is 55.0. The summed E-state index contributed by atoms with van der Waals surface area (Å²) in [5.41, 5.74) is 0. The van der Waals surface area contributed by atoms with Gasteiger partial charge < -0.3 is 75.8 Å². The highest BCUT2D eigenvalue weighted by atomic mass is 16.8. The Morgan fingerprint density at radius 2 is 0.286 bits per heavy atom. The van der Waals surface area contributed by atoms with Gasteiger partial charge >= 0.3 is 0 Å². The van der Waals surface area contributed by atoms with Crippen molar-refractivity contribution in [2.45, 2.75) is 354 Å². The molecule has 16 nitrogen and oxygen atoms in total.